The summed E-state index contributed by atoms with van der Waals surface area (Å²) in [5.41, 5.74) is 2.97. The Morgan fingerprint density at radius 1 is 1.08 bits per heavy atom. The van der Waals surface area contributed by atoms with Crippen molar-refractivity contribution < 1.29 is 4.79 Å². The summed E-state index contributed by atoms with van der Waals surface area (Å²) in [5, 5.41) is 3.98. The van der Waals surface area contributed by atoms with Gasteiger partial charge in [-0.15, -0.1) is 0 Å². The molecule has 0 aliphatic carbocycles. The fourth-order valence-electron chi connectivity index (χ4n) is 2.58. The lowest BCUT2D eigenvalue weighted by atomic mass is 10.1. The Morgan fingerprint density at radius 3 is 2.65 bits per heavy atom. The van der Waals surface area contributed by atoms with Gasteiger partial charge >= 0.3 is 0 Å². The molecule has 1 N–H and O–H groups in total. The molecule has 1 aromatic heterocycles. The van der Waals surface area contributed by atoms with Gasteiger partial charge in [0.2, 0.25) is 0 Å². The molecular weight excluding hydrogens is 369 g/mol. The zero-order chi connectivity index (χ0) is 18.5. The molecule has 0 saturated heterocycles. The zero-order valence-corrected chi connectivity index (χ0v) is 15.7. The van der Waals surface area contributed by atoms with E-state index >= 15 is 0 Å². The second kappa shape index (κ2) is 8.30. The molecule has 0 atom stereocenters. The SMILES string of the molecule is Cc1nccc(-c2ccc(Cl)c(C(=O)NCCc3ccccc3Cl)c2)n1. The molecule has 0 aliphatic heterocycles. The van der Waals surface area contributed by atoms with Crippen molar-refractivity contribution in [3.8, 4) is 11.3 Å². The highest BCUT2D eigenvalue weighted by molar-refractivity contribution is 6.34. The lowest BCUT2D eigenvalue weighted by Gasteiger charge is -2.10. The predicted molar refractivity (Wildman–Crippen MR) is 105 cm³/mol. The van der Waals surface area contributed by atoms with Gasteiger partial charge < -0.3 is 5.32 Å². The van der Waals surface area contributed by atoms with Gasteiger partial charge in [0.25, 0.3) is 5.91 Å². The van der Waals surface area contributed by atoms with Crippen LogP contribution in [0, 0.1) is 6.92 Å². The van der Waals surface area contributed by atoms with Crippen LogP contribution in [-0.2, 0) is 6.42 Å². The van der Waals surface area contributed by atoms with Crippen molar-refractivity contribution in [1.82, 2.24) is 15.3 Å². The van der Waals surface area contributed by atoms with E-state index < -0.39 is 0 Å². The van der Waals surface area contributed by atoms with E-state index in [1.165, 1.54) is 0 Å². The van der Waals surface area contributed by atoms with Gasteiger partial charge in [0.05, 0.1) is 16.3 Å². The highest BCUT2D eigenvalue weighted by Gasteiger charge is 2.12. The summed E-state index contributed by atoms with van der Waals surface area (Å²) in [7, 11) is 0. The molecule has 26 heavy (non-hydrogen) atoms. The number of aromatic nitrogens is 2. The molecule has 0 bridgehead atoms. The lowest BCUT2D eigenvalue weighted by molar-refractivity contribution is 0.0954. The summed E-state index contributed by atoms with van der Waals surface area (Å²) >= 11 is 12.4. The van der Waals surface area contributed by atoms with Crippen LogP contribution in [0.5, 0.6) is 0 Å². The number of benzene rings is 2. The summed E-state index contributed by atoms with van der Waals surface area (Å²) in [6.07, 6.45) is 2.34. The Kier molecular flexibility index (Phi) is 5.86. The van der Waals surface area contributed by atoms with Gasteiger partial charge in [-0.05, 0) is 43.2 Å². The Hall–Kier alpha value is -2.43. The van der Waals surface area contributed by atoms with E-state index in [0.29, 0.717) is 34.4 Å². The molecule has 0 spiro atoms. The lowest BCUT2D eigenvalue weighted by Crippen LogP contribution is -2.26. The zero-order valence-electron chi connectivity index (χ0n) is 14.2. The van der Waals surface area contributed by atoms with Gasteiger partial charge in [-0.1, -0.05) is 47.5 Å². The molecule has 0 fully saturated rings. The molecule has 132 valence electrons. The maximum absolute atomic E-state index is 12.5. The van der Waals surface area contributed by atoms with Gasteiger partial charge in [0, 0.05) is 23.3 Å². The molecule has 3 rings (SSSR count). The summed E-state index contributed by atoms with van der Waals surface area (Å²) in [6.45, 7) is 2.29. The van der Waals surface area contributed by atoms with Crippen molar-refractivity contribution in [3.05, 3.63) is 81.7 Å². The molecule has 2 aromatic carbocycles. The van der Waals surface area contributed by atoms with E-state index in [9.17, 15) is 4.79 Å². The minimum atomic E-state index is -0.227. The van der Waals surface area contributed by atoms with Crippen molar-refractivity contribution >= 4 is 29.1 Å². The van der Waals surface area contributed by atoms with Crippen LogP contribution in [0.3, 0.4) is 0 Å². The number of halogens is 2. The largest absolute Gasteiger partial charge is 0.352 e. The van der Waals surface area contributed by atoms with Gasteiger partial charge in [0.15, 0.2) is 0 Å². The maximum Gasteiger partial charge on any atom is 0.252 e. The van der Waals surface area contributed by atoms with Gasteiger partial charge in [-0.3, -0.25) is 4.79 Å². The second-order valence-corrected chi connectivity index (χ2v) is 6.60. The third-order valence-electron chi connectivity index (χ3n) is 3.92. The van der Waals surface area contributed by atoms with Crippen LogP contribution < -0.4 is 5.32 Å². The van der Waals surface area contributed by atoms with Crippen molar-refractivity contribution in [2.24, 2.45) is 0 Å². The van der Waals surface area contributed by atoms with Crippen LogP contribution in [0.1, 0.15) is 21.7 Å². The third kappa shape index (κ3) is 4.40. The first-order valence-corrected chi connectivity index (χ1v) is 8.91. The van der Waals surface area contributed by atoms with Crippen molar-refractivity contribution in [2.45, 2.75) is 13.3 Å². The number of hydrogen-bond donors (Lipinski definition) is 1. The van der Waals surface area contributed by atoms with Gasteiger partial charge in [-0.25, -0.2) is 9.97 Å². The summed E-state index contributed by atoms with van der Waals surface area (Å²) in [6, 6.07) is 14.7. The van der Waals surface area contributed by atoms with E-state index in [2.05, 4.69) is 15.3 Å². The van der Waals surface area contributed by atoms with Crippen molar-refractivity contribution in [2.75, 3.05) is 6.54 Å². The fraction of sp³-hybridized carbons (Fsp3) is 0.150. The van der Waals surface area contributed by atoms with E-state index in [1.54, 1.807) is 24.4 Å². The molecule has 3 aromatic rings. The number of nitrogens with one attached hydrogen (secondary N) is 1. The normalized spacial score (nSPS) is 10.6. The summed E-state index contributed by atoms with van der Waals surface area (Å²) in [5.74, 6) is 0.442. The molecule has 0 unspecified atom stereocenters. The van der Waals surface area contributed by atoms with Crippen LogP contribution in [0.2, 0.25) is 10.0 Å². The third-order valence-corrected chi connectivity index (χ3v) is 4.62. The average molecular weight is 386 g/mol. The number of hydrogen-bond acceptors (Lipinski definition) is 3. The number of rotatable bonds is 5. The van der Waals surface area contributed by atoms with E-state index in [0.717, 1.165) is 16.8 Å². The minimum absolute atomic E-state index is 0.227. The highest BCUT2D eigenvalue weighted by Crippen LogP contribution is 2.24. The van der Waals surface area contributed by atoms with Crippen LogP contribution in [0.4, 0.5) is 0 Å². The number of carbonyl (C=O) groups is 1. The first-order chi connectivity index (χ1) is 12.5. The molecule has 4 nitrogen and oxygen atoms in total. The molecule has 1 amide bonds. The number of amides is 1. The Morgan fingerprint density at radius 2 is 1.88 bits per heavy atom. The average Bonchev–Trinajstić information content (AvgIpc) is 2.63. The summed E-state index contributed by atoms with van der Waals surface area (Å²) in [4.78, 5) is 21.0. The second-order valence-electron chi connectivity index (χ2n) is 5.78. The Bertz CT molecular complexity index is 944. The Balaban J connectivity index is 1.73. The van der Waals surface area contributed by atoms with Crippen molar-refractivity contribution in [1.29, 1.82) is 0 Å². The Labute approximate surface area is 162 Å². The first-order valence-electron chi connectivity index (χ1n) is 8.16. The van der Waals surface area contributed by atoms with E-state index in [4.69, 9.17) is 23.2 Å². The molecule has 0 radical (unpaired) electrons. The molecule has 0 saturated carbocycles. The van der Waals surface area contributed by atoms with Gasteiger partial charge in [-0.2, -0.15) is 0 Å². The summed E-state index contributed by atoms with van der Waals surface area (Å²) < 4.78 is 0. The topological polar surface area (TPSA) is 54.9 Å². The molecule has 1 heterocycles. The minimum Gasteiger partial charge on any atom is -0.352 e. The van der Waals surface area contributed by atoms with Crippen LogP contribution in [0.25, 0.3) is 11.3 Å². The monoisotopic (exact) mass is 385 g/mol. The maximum atomic E-state index is 12.5. The van der Waals surface area contributed by atoms with Crippen LogP contribution in [0.15, 0.2) is 54.7 Å². The number of carbonyl (C=O) groups excluding carboxylic acids is 1. The number of nitrogens with zero attached hydrogens (tertiary/aromatic N) is 2. The van der Waals surface area contributed by atoms with Crippen LogP contribution >= 0.6 is 23.2 Å². The van der Waals surface area contributed by atoms with E-state index in [1.807, 2.05) is 37.3 Å². The molecule has 6 heteroatoms. The quantitative estimate of drug-likeness (QED) is 0.690. The fourth-order valence-corrected chi connectivity index (χ4v) is 3.02. The van der Waals surface area contributed by atoms with Crippen molar-refractivity contribution in [3.63, 3.8) is 0 Å². The smallest absolute Gasteiger partial charge is 0.252 e. The highest BCUT2D eigenvalue weighted by atomic mass is 35.5. The standard InChI is InChI=1S/C20H17Cl2N3O/c1-13-23-11-9-19(25-13)15-6-7-18(22)16(12-15)20(26)24-10-8-14-4-2-3-5-17(14)21/h2-7,9,11-12H,8,10H2,1H3,(H,24,26). The van der Waals surface area contributed by atoms with E-state index in [-0.39, 0.29) is 5.91 Å². The number of aryl methyl sites for hydroxylation is 1. The predicted octanol–water partition coefficient (Wildman–Crippen LogP) is 4.73. The molecule has 0 aliphatic rings. The van der Waals surface area contributed by atoms with Gasteiger partial charge in [0.1, 0.15) is 5.82 Å². The van der Waals surface area contributed by atoms with Crippen LogP contribution in [-0.4, -0.2) is 22.4 Å². The molecular formula is C20H17Cl2N3O. The first kappa shape index (κ1) is 18.4.